The summed E-state index contributed by atoms with van der Waals surface area (Å²) < 4.78 is 9.04. The highest BCUT2D eigenvalue weighted by molar-refractivity contribution is 5.76. The standard InChI is InChI=1S/C22H32N6O2/c1-6-16(5)30-20(29)14-28-13-19(11-24-28)25-22-23-10-18-8-9-27(21(18)26-22)12-17(7-2)15(3)4/h8-11,13,15-17H,6-7,12,14H2,1-5H3,(H,23,25,26)/t16-,17?/m1/s1. The van der Waals surface area contributed by atoms with Crippen molar-refractivity contribution in [3.63, 3.8) is 0 Å². The quantitative estimate of drug-likeness (QED) is 0.497. The van der Waals surface area contributed by atoms with E-state index in [2.05, 4.69) is 46.9 Å². The first kappa shape index (κ1) is 21.8. The molecular weight excluding hydrogens is 380 g/mol. The van der Waals surface area contributed by atoms with Gasteiger partial charge in [-0.25, -0.2) is 4.98 Å². The number of carbonyl (C=O) groups excluding carboxylic acids is 1. The van der Waals surface area contributed by atoms with Gasteiger partial charge < -0.3 is 14.6 Å². The van der Waals surface area contributed by atoms with Crippen LogP contribution in [0.25, 0.3) is 11.0 Å². The fourth-order valence-electron chi connectivity index (χ4n) is 3.36. The van der Waals surface area contributed by atoms with Gasteiger partial charge >= 0.3 is 5.97 Å². The molecule has 8 heteroatoms. The lowest BCUT2D eigenvalue weighted by atomic mass is 9.93. The average Bonchev–Trinajstić information content (AvgIpc) is 3.32. The van der Waals surface area contributed by atoms with E-state index in [1.165, 1.54) is 0 Å². The van der Waals surface area contributed by atoms with E-state index in [1.54, 1.807) is 17.1 Å². The molecule has 0 radical (unpaired) electrons. The fraction of sp³-hybridized carbons (Fsp3) is 0.545. The van der Waals surface area contributed by atoms with Gasteiger partial charge in [-0.1, -0.05) is 34.1 Å². The Hall–Kier alpha value is -2.90. The predicted molar refractivity (Wildman–Crippen MR) is 118 cm³/mol. The highest BCUT2D eigenvalue weighted by Crippen LogP contribution is 2.22. The van der Waals surface area contributed by atoms with Gasteiger partial charge in [0, 0.05) is 30.5 Å². The molecule has 0 spiro atoms. The predicted octanol–water partition coefficient (Wildman–Crippen LogP) is 4.40. The van der Waals surface area contributed by atoms with Crippen LogP contribution in [0.15, 0.2) is 30.9 Å². The molecular formula is C22H32N6O2. The molecule has 3 heterocycles. The summed E-state index contributed by atoms with van der Waals surface area (Å²) in [6.45, 7) is 11.6. The molecule has 2 atom stereocenters. The first-order chi connectivity index (χ1) is 14.4. The Morgan fingerprint density at radius 3 is 2.70 bits per heavy atom. The third-order valence-electron chi connectivity index (χ3n) is 5.49. The van der Waals surface area contributed by atoms with E-state index in [-0.39, 0.29) is 18.6 Å². The smallest absolute Gasteiger partial charge is 0.328 e. The van der Waals surface area contributed by atoms with Crippen molar-refractivity contribution in [1.29, 1.82) is 0 Å². The van der Waals surface area contributed by atoms with E-state index >= 15 is 0 Å². The molecule has 162 valence electrons. The Kier molecular flexibility index (Phi) is 7.07. The van der Waals surface area contributed by atoms with Crippen molar-refractivity contribution in [2.75, 3.05) is 5.32 Å². The van der Waals surface area contributed by atoms with E-state index in [9.17, 15) is 4.79 Å². The molecule has 0 aliphatic rings. The van der Waals surface area contributed by atoms with E-state index in [0.717, 1.165) is 36.1 Å². The second-order valence-electron chi connectivity index (χ2n) is 8.11. The van der Waals surface area contributed by atoms with Crippen molar-refractivity contribution in [3.8, 4) is 0 Å². The molecule has 0 saturated heterocycles. The summed E-state index contributed by atoms with van der Waals surface area (Å²) in [5.74, 6) is 1.41. The van der Waals surface area contributed by atoms with Crippen LogP contribution in [0.1, 0.15) is 47.5 Å². The van der Waals surface area contributed by atoms with Crippen molar-refractivity contribution >= 4 is 28.6 Å². The maximum absolute atomic E-state index is 11.9. The molecule has 0 aliphatic carbocycles. The van der Waals surface area contributed by atoms with Gasteiger partial charge in [0.25, 0.3) is 0 Å². The molecule has 0 saturated carbocycles. The van der Waals surface area contributed by atoms with Crippen LogP contribution in [-0.2, 0) is 22.6 Å². The fourth-order valence-corrected chi connectivity index (χ4v) is 3.36. The number of hydrogen-bond donors (Lipinski definition) is 1. The molecule has 0 fully saturated rings. The Morgan fingerprint density at radius 2 is 2.00 bits per heavy atom. The van der Waals surface area contributed by atoms with E-state index in [0.29, 0.717) is 17.8 Å². The zero-order chi connectivity index (χ0) is 21.7. The monoisotopic (exact) mass is 412 g/mol. The van der Waals surface area contributed by atoms with E-state index < -0.39 is 0 Å². The Morgan fingerprint density at radius 1 is 1.20 bits per heavy atom. The molecule has 0 amide bonds. The number of nitrogens with zero attached hydrogens (tertiary/aromatic N) is 5. The number of carbonyl (C=O) groups is 1. The Labute approximate surface area is 177 Å². The summed E-state index contributed by atoms with van der Waals surface area (Å²) >= 11 is 0. The van der Waals surface area contributed by atoms with Crippen LogP contribution < -0.4 is 5.32 Å². The molecule has 3 aromatic rings. The third-order valence-corrected chi connectivity index (χ3v) is 5.49. The Bertz CT molecular complexity index is 977. The van der Waals surface area contributed by atoms with Gasteiger partial charge in [0.05, 0.1) is 18.0 Å². The normalized spacial score (nSPS) is 13.5. The first-order valence-electron chi connectivity index (χ1n) is 10.7. The van der Waals surface area contributed by atoms with Crippen LogP contribution in [0.2, 0.25) is 0 Å². The van der Waals surface area contributed by atoms with Crippen LogP contribution in [0.3, 0.4) is 0 Å². The Balaban J connectivity index is 1.70. The second-order valence-corrected chi connectivity index (χ2v) is 8.11. The minimum atomic E-state index is -0.301. The maximum atomic E-state index is 11.9. The van der Waals surface area contributed by atoms with Crippen LogP contribution in [0, 0.1) is 11.8 Å². The number of ether oxygens (including phenoxy) is 1. The maximum Gasteiger partial charge on any atom is 0.328 e. The molecule has 8 nitrogen and oxygen atoms in total. The summed E-state index contributed by atoms with van der Waals surface area (Å²) in [6, 6.07) is 2.05. The van der Waals surface area contributed by atoms with Crippen molar-refractivity contribution < 1.29 is 9.53 Å². The van der Waals surface area contributed by atoms with Crippen molar-refractivity contribution in [2.45, 2.75) is 66.7 Å². The summed E-state index contributed by atoms with van der Waals surface area (Å²) in [4.78, 5) is 21.0. The largest absolute Gasteiger partial charge is 0.461 e. The van der Waals surface area contributed by atoms with Gasteiger partial charge in [-0.2, -0.15) is 10.1 Å². The number of aromatic nitrogens is 5. The lowest BCUT2D eigenvalue weighted by molar-refractivity contribution is -0.149. The summed E-state index contributed by atoms with van der Waals surface area (Å²) in [5.41, 5.74) is 1.63. The first-order valence-corrected chi connectivity index (χ1v) is 10.7. The van der Waals surface area contributed by atoms with Crippen molar-refractivity contribution in [2.24, 2.45) is 11.8 Å². The number of esters is 1. The molecule has 0 aliphatic heterocycles. The zero-order valence-electron chi connectivity index (χ0n) is 18.5. The van der Waals surface area contributed by atoms with Crippen LogP contribution in [0.4, 0.5) is 11.6 Å². The SMILES string of the molecule is CCC(Cn1ccc2cnc(Nc3cnn(CC(=O)O[C@H](C)CC)c3)nc21)C(C)C. The summed E-state index contributed by atoms with van der Waals surface area (Å²) in [7, 11) is 0. The number of anilines is 2. The molecule has 1 unspecified atom stereocenters. The zero-order valence-corrected chi connectivity index (χ0v) is 18.5. The van der Waals surface area contributed by atoms with Crippen molar-refractivity contribution in [1.82, 2.24) is 24.3 Å². The molecule has 3 rings (SSSR count). The number of rotatable bonds is 10. The molecule has 0 bridgehead atoms. The average molecular weight is 413 g/mol. The molecule has 3 aromatic heterocycles. The number of hydrogen-bond acceptors (Lipinski definition) is 6. The molecule has 1 N–H and O–H groups in total. The van der Waals surface area contributed by atoms with Crippen LogP contribution >= 0.6 is 0 Å². The van der Waals surface area contributed by atoms with Gasteiger partial charge in [0.1, 0.15) is 12.2 Å². The number of nitrogens with one attached hydrogen (secondary N) is 1. The van der Waals surface area contributed by atoms with Gasteiger partial charge in [-0.05, 0) is 31.2 Å². The molecule has 0 aromatic carbocycles. The third kappa shape index (κ3) is 5.37. The van der Waals surface area contributed by atoms with Gasteiger partial charge in [-0.15, -0.1) is 0 Å². The van der Waals surface area contributed by atoms with Crippen LogP contribution in [0.5, 0.6) is 0 Å². The lowest BCUT2D eigenvalue weighted by Gasteiger charge is -2.20. The van der Waals surface area contributed by atoms with Gasteiger partial charge in [0.2, 0.25) is 5.95 Å². The topological polar surface area (TPSA) is 86.9 Å². The van der Waals surface area contributed by atoms with Crippen molar-refractivity contribution in [3.05, 3.63) is 30.9 Å². The van der Waals surface area contributed by atoms with Gasteiger partial charge in [-0.3, -0.25) is 9.48 Å². The summed E-state index contributed by atoms with van der Waals surface area (Å²) in [6.07, 6.45) is 9.12. The highest BCUT2D eigenvalue weighted by Gasteiger charge is 2.15. The van der Waals surface area contributed by atoms with E-state index in [1.807, 2.05) is 26.1 Å². The second kappa shape index (κ2) is 9.73. The minimum Gasteiger partial charge on any atom is -0.461 e. The summed E-state index contributed by atoms with van der Waals surface area (Å²) in [5, 5.41) is 8.41. The molecule has 30 heavy (non-hydrogen) atoms. The van der Waals surface area contributed by atoms with Gasteiger partial charge in [0.15, 0.2) is 0 Å². The lowest BCUT2D eigenvalue weighted by Crippen LogP contribution is -2.19. The van der Waals surface area contributed by atoms with E-state index in [4.69, 9.17) is 9.72 Å². The minimum absolute atomic E-state index is 0.0718. The highest BCUT2D eigenvalue weighted by atomic mass is 16.5. The number of fused-ring (bicyclic) bond motifs is 1. The van der Waals surface area contributed by atoms with Crippen LogP contribution in [-0.4, -0.2) is 36.4 Å².